The number of benzene rings is 2. The van der Waals surface area contributed by atoms with Crippen molar-refractivity contribution in [2.45, 2.75) is 44.0 Å². The Kier molecular flexibility index (Phi) is 7.57. The van der Waals surface area contributed by atoms with E-state index in [1.165, 1.54) is 22.5 Å². The molecule has 1 saturated heterocycles. The van der Waals surface area contributed by atoms with E-state index in [1.807, 2.05) is 44.2 Å². The number of H-pyrrole nitrogens is 1. The van der Waals surface area contributed by atoms with Crippen LogP contribution in [0.3, 0.4) is 0 Å². The smallest absolute Gasteiger partial charge is 0.252 e. The van der Waals surface area contributed by atoms with E-state index in [9.17, 15) is 18.0 Å². The summed E-state index contributed by atoms with van der Waals surface area (Å²) in [5.74, 6) is -0.411. The number of piperidine rings is 1. The van der Waals surface area contributed by atoms with E-state index in [0.717, 1.165) is 31.5 Å². The SMILES string of the molecule is CCN(CCNC(=O)c1cc(=O)[nH]c2ccc(S(=O)(=O)N3CCCC[C@@H]3C)cc12)c1ccccc1. The number of hydrogen-bond donors (Lipinski definition) is 2. The van der Waals surface area contributed by atoms with Crippen LogP contribution in [0.2, 0.25) is 0 Å². The second-order valence-corrected chi connectivity index (χ2v) is 10.8. The van der Waals surface area contributed by atoms with Crippen molar-refractivity contribution in [2.24, 2.45) is 0 Å². The molecule has 3 aromatic rings. The van der Waals surface area contributed by atoms with Gasteiger partial charge in [-0.25, -0.2) is 8.42 Å². The Labute approximate surface area is 206 Å². The number of carbonyl (C=O) groups is 1. The zero-order valence-electron chi connectivity index (χ0n) is 20.2. The number of nitrogens with zero attached hydrogens (tertiary/aromatic N) is 2. The molecule has 2 heterocycles. The van der Waals surface area contributed by atoms with Gasteiger partial charge in [-0.2, -0.15) is 4.31 Å². The molecule has 9 heteroatoms. The summed E-state index contributed by atoms with van der Waals surface area (Å²) in [7, 11) is -3.71. The second-order valence-electron chi connectivity index (χ2n) is 8.89. The van der Waals surface area contributed by atoms with E-state index in [1.54, 1.807) is 6.07 Å². The van der Waals surface area contributed by atoms with Gasteiger partial charge in [-0.05, 0) is 57.0 Å². The summed E-state index contributed by atoms with van der Waals surface area (Å²) in [6.45, 7) is 6.20. The molecule has 1 fully saturated rings. The van der Waals surface area contributed by atoms with Crippen LogP contribution < -0.4 is 15.8 Å². The fraction of sp³-hybridized carbons (Fsp3) is 0.385. The molecular weight excluding hydrogens is 464 g/mol. The van der Waals surface area contributed by atoms with Gasteiger partial charge >= 0.3 is 0 Å². The first-order valence-electron chi connectivity index (χ1n) is 12.1. The number of likely N-dealkylation sites (N-methyl/N-ethyl adjacent to an activating group) is 1. The van der Waals surface area contributed by atoms with Crippen LogP contribution in [-0.2, 0) is 10.0 Å². The summed E-state index contributed by atoms with van der Waals surface area (Å²) in [6.07, 6.45) is 2.66. The molecule has 8 nitrogen and oxygen atoms in total. The van der Waals surface area contributed by atoms with Crippen molar-refractivity contribution in [3.05, 3.63) is 70.5 Å². The summed E-state index contributed by atoms with van der Waals surface area (Å²) >= 11 is 0. The quantitative estimate of drug-likeness (QED) is 0.498. The van der Waals surface area contributed by atoms with Crippen molar-refractivity contribution in [3.63, 3.8) is 0 Å². The van der Waals surface area contributed by atoms with Crippen LogP contribution >= 0.6 is 0 Å². The van der Waals surface area contributed by atoms with Crippen LogP contribution in [0.25, 0.3) is 10.9 Å². The number of pyridine rings is 1. The number of carbonyl (C=O) groups excluding carboxylic acids is 1. The fourth-order valence-electron chi connectivity index (χ4n) is 4.65. The lowest BCUT2D eigenvalue weighted by Crippen LogP contribution is -2.41. The molecule has 0 spiro atoms. The minimum atomic E-state index is -3.71. The molecule has 35 heavy (non-hydrogen) atoms. The van der Waals surface area contributed by atoms with Gasteiger partial charge < -0.3 is 15.2 Å². The first-order chi connectivity index (χ1) is 16.8. The number of amides is 1. The molecule has 2 aromatic carbocycles. The number of sulfonamides is 1. The molecule has 0 unspecified atom stereocenters. The molecule has 0 aliphatic carbocycles. The highest BCUT2D eigenvalue weighted by Gasteiger charge is 2.31. The molecule has 1 atom stereocenters. The van der Waals surface area contributed by atoms with Crippen molar-refractivity contribution in [1.29, 1.82) is 0 Å². The van der Waals surface area contributed by atoms with E-state index in [2.05, 4.69) is 15.2 Å². The Morgan fingerprint density at radius 1 is 1.14 bits per heavy atom. The number of aromatic amines is 1. The van der Waals surface area contributed by atoms with Crippen LogP contribution in [0.4, 0.5) is 5.69 Å². The van der Waals surface area contributed by atoms with Crippen LogP contribution in [-0.4, -0.2) is 55.8 Å². The van der Waals surface area contributed by atoms with Gasteiger partial charge in [0.1, 0.15) is 0 Å². The molecule has 0 bridgehead atoms. The summed E-state index contributed by atoms with van der Waals surface area (Å²) < 4.78 is 28.2. The van der Waals surface area contributed by atoms with E-state index in [4.69, 9.17) is 0 Å². The van der Waals surface area contributed by atoms with Crippen molar-refractivity contribution in [1.82, 2.24) is 14.6 Å². The lowest BCUT2D eigenvalue weighted by molar-refractivity contribution is 0.0956. The topological polar surface area (TPSA) is 103 Å². The van der Waals surface area contributed by atoms with Gasteiger partial charge in [0.2, 0.25) is 15.6 Å². The molecule has 0 radical (unpaired) electrons. The largest absolute Gasteiger partial charge is 0.370 e. The van der Waals surface area contributed by atoms with Crippen molar-refractivity contribution in [3.8, 4) is 0 Å². The predicted molar refractivity (Wildman–Crippen MR) is 138 cm³/mol. The number of para-hydroxylation sites is 1. The van der Waals surface area contributed by atoms with E-state index < -0.39 is 21.5 Å². The van der Waals surface area contributed by atoms with Crippen LogP contribution in [0, 0.1) is 0 Å². The average Bonchev–Trinajstić information content (AvgIpc) is 2.86. The Balaban J connectivity index is 1.58. The fourth-order valence-corrected chi connectivity index (χ4v) is 6.38. The van der Waals surface area contributed by atoms with Gasteiger partial charge in [0.15, 0.2) is 0 Å². The van der Waals surface area contributed by atoms with Gasteiger partial charge in [0.05, 0.1) is 10.5 Å². The molecule has 1 aliphatic rings. The number of fused-ring (bicyclic) bond motifs is 1. The number of rotatable bonds is 8. The number of anilines is 1. The van der Waals surface area contributed by atoms with Gasteiger partial charge in [-0.1, -0.05) is 24.6 Å². The zero-order valence-corrected chi connectivity index (χ0v) is 21.0. The molecule has 2 N–H and O–H groups in total. The average molecular weight is 497 g/mol. The first kappa shape index (κ1) is 24.9. The second kappa shape index (κ2) is 10.6. The van der Waals surface area contributed by atoms with Crippen LogP contribution in [0.15, 0.2) is 64.3 Å². The minimum absolute atomic E-state index is 0.0751. The Hall–Kier alpha value is -3.17. The standard InChI is InChI=1S/C26H32N4O4S/c1-3-29(20-10-5-4-6-11-20)16-14-27-26(32)23-18-25(31)28-24-13-12-21(17-22(23)24)35(33,34)30-15-8-7-9-19(30)2/h4-6,10-13,17-19H,3,7-9,14-16H2,1-2H3,(H,27,32)(H,28,31)/t19-/m0/s1. The first-order valence-corrected chi connectivity index (χ1v) is 13.5. The van der Waals surface area contributed by atoms with E-state index >= 15 is 0 Å². The highest BCUT2D eigenvalue weighted by atomic mass is 32.2. The van der Waals surface area contributed by atoms with Gasteiger partial charge in [-0.3, -0.25) is 9.59 Å². The third kappa shape index (κ3) is 5.41. The summed E-state index contributed by atoms with van der Waals surface area (Å²) in [4.78, 5) is 30.3. The molecule has 186 valence electrons. The summed E-state index contributed by atoms with van der Waals surface area (Å²) in [5.41, 5.74) is 1.23. The molecule has 4 rings (SSSR count). The Bertz CT molecular complexity index is 1350. The molecule has 1 amide bonds. The van der Waals surface area contributed by atoms with Crippen molar-refractivity contribution < 1.29 is 13.2 Å². The van der Waals surface area contributed by atoms with Gasteiger partial charge in [0.25, 0.3) is 5.91 Å². The summed E-state index contributed by atoms with van der Waals surface area (Å²) in [5, 5.41) is 3.29. The van der Waals surface area contributed by atoms with Gasteiger partial charge in [-0.15, -0.1) is 0 Å². The maximum atomic E-state index is 13.4. The van der Waals surface area contributed by atoms with E-state index in [0.29, 0.717) is 30.5 Å². The van der Waals surface area contributed by atoms with Crippen molar-refractivity contribution in [2.75, 3.05) is 31.1 Å². The monoisotopic (exact) mass is 496 g/mol. The third-order valence-corrected chi connectivity index (χ3v) is 8.59. The maximum Gasteiger partial charge on any atom is 0.252 e. The minimum Gasteiger partial charge on any atom is -0.370 e. The van der Waals surface area contributed by atoms with Crippen LogP contribution in [0.5, 0.6) is 0 Å². The lowest BCUT2D eigenvalue weighted by Gasteiger charge is -2.32. The molecule has 0 saturated carbocycles. The van der Waals surface area contributed by atoms with Crippen molar-refractivity contribution >= 4 is 32.5 Å². The number of hydrogen-bond acceptors (Lipinski definition) is 5. The lowest BCUT2D eigenvalue weighted by atomic mass is 10.1. The molecule has 1 aliphatic heterocycles. The number of nitrogens with one attached hydrogen (secondary N) is 2. The predicted octanol–water partition coefficient (Wildman–Crippen LogP) is 3.35. The van der Waals surface area contributed by atoms with E-state index in [-0.39, 0.29) is 16.5 Å². The normalized spacial score (nSPS) is 16.8. The Morgan fingerprint density at radius 2 is 1.91 bits per heavy atom. The highest BCUT2D eigenvalue weighted by molar-refractivity contribution is 7.89. The Morgan fingerprint density at radius 3 is 2.63 bits per heavy atom. The molecular formula is C26H32N4O4S. The molecule has 1 aromatic heterocycles. The maximum absolute atomic E-state index is 13.4. The third-order valence-electron chi connectivity index (χ3n) is 6.58. The highest BCUT2D eigenvalue weighted by Crippen LogP contribution is 2.27. The summed E-state index contributed by atoms with van der Waals surface area (Å²) in [6, 6.07) is 15.6. The zero-order chi connectivity index (χ0) is 25.0. The number of aromatic nitrogens is 1. The van der Waals surface area contributed by atoms with Crippen LogP contribution in [0.1, 0.15) is 43.5 Å². The van der Waals surface area contributed by atoms with Gasteiger partial charge in [0, 0.05) is 54.9 Å².